The third kappa shape index (κ3) is 8.38. The maximum absolute atomic E-state index is 11.1. The Morgan fingerprint density at radius 3 is 2.38 bits per heavy atom. The summed E-state index contributed by atoms with van der Waals surface area (Å²) in [5.41, 5.74) is 0. The van der Waals surface area contributed by atoms with Crippen molar-refractivity contribution < 1.29 is 24.2 Å². The first-order chi connectivity index (χ1) is 7.57. The van der Waals surface area contributed by atoms with Gasteiger partial charge in [0.1, 0.15) is 5.78 Å². The molecule has 0 aliphatic carbocycles. The van der Waals surface area contributed by atoms with Crippen molar-refractivity contribution in [3.63, 3.8) is 0 Å². The Labute approximate surface area is 95.7 Å². The predicted molar refractivity (Wildman–Crippen MR) is 58.0 cm³/mol. The van der Waals surface area contributed by atoms with Crippen molar-refractivity contribution in [2.75, 3.05) is 20.3 Å². The van der Waals surface area contributed by atoms with Crippen LogP contribution in [0, 0.1) is 0 Å². The van der Waals surface area contributed by atoms with Gasteiger partial charge < -0.3 is 14.6 Å². The van der Waals surface area contributed by atoms with Gasteiger partial charge in [0.15, 0.2) is 6.10 Å². The first-order valence-electron chi connectivity index (χ1n) is 5.41. The third-order valence-corrected chi connectivity index (χ3v) is 1.99. The zero-order valence-electron chi connectivity index (χ0n) is 9.90. The summed E-state index contributed by atoms with van der Waals surface area (Å²) in [4.78, 5) is 21.7. The lowest BCUT2D eigenvalue weighted by Gasteiger charge is -2.08. The molecule has 0 radical (unpaired) electrons. The molecule has 0 bridgehead atoms. The minimum absolute atomic E-state index is 0.178. The van der Waals surface area contributed by atoms with Crippen LogP contribution < -0.4 is 0 Å². The molecule has 5 nitrogen and oxygen atoms in total. The quantitative estimate of drug-likeness (QED) is 0.467. The molecule has 0 aliphatic rings. The van der Waals surface area contributed by atoms with Gasteiger partial charge >= 0.3 is 5.97 Å². The van der Waals surface area contributed by atoms with Crippen LogP contribution in [0.5, 0.6) is 0 Å². The smallest absolute Gasteiger partial charge is 0.335 e. The number of hydrogen-bond acceptors (Lipinski definition) is 5. The molecule has 0 rings (SSSR count). The molecule has 1 atom stereocenters. The van der Waals surface area contributed by atoms with E-state index in [2.05, 4.69) is 0 Å². The Bertz CT molecular complexity index is 214. The summed E-state index contributed by atoms with van der Waals surface area (Å²) in [6.45, 7) is 2.29. The van der Waals surface area contributed by atoms with Gasteiger partial charge in [-0.05, 0) is 26.2 Å². The topological polar surface area (TPSA) is 72.8 Å². The van der Waals surface area contributed by atoms with Gasteiger partial charge in [-0.25, -0.2) is 4.79 Å². The van der Waals surface area contributed by atoms with Gasteiger partial charge in [0.05, 0.1) is 6.61 Å². The second kappa shape index (κ2) is 9.30. The molecular formula is C11H20O5. The number of ketones is 1. The fourth-order valence-corrected chi connectivity index (χ4v) is 1.15. The highest BCUT2D eigenvalue weighted by Crippen LogP contribution is 2.00. The maximum Gasteiger partial charge on any atom is 0.335 e. The molecule has 5 heteroatoms. The Morgan fingerprint density at radius 1 is 1.19 bits per heavy atom. The number of esters is 1. The van der Waals surface area contributed by atoms with E-state index < -0.39 is 12.1 Å². The van der Waals surface area contributed by atoms with E-state index in [9.17, 15) is 14.7 Å². The van der Waals surface area contributed by atoms with E-state index in [0.29, 0.717) is 6.61 Å². The van der Waals surface area contributed by atoms with Crippen LogP contribution in [0.3, 0.4) is 0 Å². The molecule has 94 valence electrons. The lowest BCUT2D eigenvalue weighted by molar-refractivity contribution is -0.155. The highest BCUT2D eigenvalue weighted by molar-refractivity contribution is 5.84. The van der Waals surface area contributed by atoms with Crippen molar-refractivity contribution in [1.29, 1.82) is 0 Å². The Balaban J connectivity index is 3.46. The summed E-state index contributed by atoms with van der Waals surface area (Å²) in [6.07, 6.45) is 1.06. The van der Waals surface area contributed by atoms with Crippen LogP contribution in [0.15, 0.2) is 0 Å². The molecule has 0 saturated carbocycles. The summed E-state index contributed by atoms with van der Waals surface area (Å²) in [5.74, 6) is -0.952. The van der Waals surface area contributed by atoms with E-state index >= 15 is 0 Å². The van der Waals surface area contributed by atoms with E-state index in [1.165, 1.54) is 6.92 Å². The summed E-state index contributed by atoms with van der Waals surface area (Å²) < 4.78 is 9.67. The normalized spacial score (nSPS) is 12.2. The van der Waals surface area contributed by atoms with Gasteiger partial charge in [-0.1, -0.05) is 0 Å². The van der Waals surface area contributed by atoms with Crippen LogP contribution in [0.2, 0.25) is 0 Å². The monoisotopic (exact) mass is 232 g/mol. The molecule has 16 heavy (non-hydrogen) atoms. The van der Waals surface area contributed by atoms with Crippen LogP contribution in [0.25, 0.3) is 0 Å². The number of hydrogen-bond donors (Lipinski definition) is 1. The minimum Gasteiger partial charge on any atom is -0.464 e. The number of unbranched alkanes of at least 4 members (excludes halogenated alkanes) is 2. The van der Waals surface area contributed by atoms with Crippen LogP contribution in [0.4, 0.5) is 0 Å². The molecule has 0 aromatic carbocycles. The zero-order chi connectivity index (χ0) is 12.4. The SMILES string of the molecule is COCCCCCOC(=O)C(O)CC(C)=O. The van der Waals surface area contributed by atoms with E-state index in [1.54, 1.807) is 7.11 Å². The predicted octanol–water partition coefficient (Wildman–Crippen LogP) is 0.686. The molecule has 1 unspecified atom stereocenters. The molecular weight excluding hydrogens is 212 g/mol. The largest absolute Gasteiger partial charge is 0.464 e. The van der Waals surface area contributed by atoms with Gasteiger partial charge in [0, 0.05) is 20.1 Å². The number of carbonyl (C=O) groups is 2. The van der Waals surface area contributed by atoms with Crippen LogP contribution in [0.1, 0.15) is 32.6 Å². The van der Waals surface area contributed by atoms with Crippen LogP contribution in [-0.4, -0.2) is 43.3 Å². The van der Waals surface area contributed by atoms with E-state index in [0.717, 1.165) is 19.3 Å². The number of Topliss-reactive ketones (excluding diaryl/α,β-unsaturated/α-hetero) is 1. The average molecular weight is 232 g/mol. The van der Waals surface area contributed by atoms with Crippen molar-refractivity contribution in [3.8, 4) is 0 Å². The number of carbonyl (C=O) groups excluding carboxylic acids is 2. The Hall–Kier alpha value is -0.940. The van der Waals surface area contributed by atoms with Crippen LogP contribution in [-0.2, 0) is 19.1 Å². The van der Waals surface area contributed by atoms with Crippen molar-refractivity contribution in [1.82, 2.24) is 0 Å². The standard InChI is InChI=1S/C11H20O5/c1-9(12)8-10(13)11(14)16-7-5-3-4-6-15-2/h10,13H,3-8H2,1-2H3. The lowest BCUT2D eigenvalue weighted by Crippen LogP contribution is -2.25. The lowest BCUT2D eigenvalue weighted by atomic mass is 10.2. The molecule has 0 amide bonds. The van der Waals surface area contributed by atoms with Gasteiger partial charge in [0.2, 0.25) is 0 Å². The number of methoxy groups -OCH3 is 1. The molecule has 0 fully saturated rings. The van der Waals surface area contributed by atoms with E-state index in [-0.39, 0.29) is 18.8 Å². The third-order valence-electron chi connectivity index (χ3n) is 1.99. The second-order valence-corrected chi connectivity index (χ2v) is 3.64. The summed E-state index contributed by atoms with van der Waals surface area (Å²) >= 11 is 0. The summed E-state index contributed by atoms with van der Waals surface area (Å²) in [7, 11) is 1.64. The fourth-order valence-electron chi connectivity index (χ4n) is 1.15. The van der Waals surface area contributed by atoms with Crippen molar-refractivity contribution in [2.24, 2.45) is 0 Å². The maximum atomic E-state index is 11.1. The summed E-state index contributed by atoms with van der Waals surface area (Å²) in [5, 5.41) is 9.21. The highest BCUT2D eigenvalue weighted by atomic mass is 16.5. The minimum atomic E-state index is -1.32. The molecule has 0 aliphatic heterocycles. The highest BCUT2D eigenvalue weighted by Gasteiger charge is 2.17. The van der Waals surface area contributed by atoms with Crippen molar-refractivity contribution in [3.05, 3.63) is 0 Å². The fraction of sp³-hybridized carbons (Fsp3) is 0.818. The zero-order valence-corrected chi connectivity index (χ0v) is 9.90. The van der Waals surface area contributed by atoms with Gasteiger partial charge in [-0.2, -0.15) is 0 Å². The second-order valence-electron chi connectivity index (χ2n) is 3.64. The number of aliphatic hydroxyl groups is 1. The Morgan fingerprint density at radius 2 is 1.81 bits per heavy atom. The van der Waals surface area contributed by atoms with Gasteiger partial charge in [-0.15, -0.1) is 0 Å². The van der Waals surface area contributed by atoms with E-state index in [4.69, 9.17) is 9.47 Å². The van der Waals surface area contributed by atoms with Crippen molar-refractivity contribution in [2.45, 2.75) is 38.7 Å². The first kappa shape index (κ1) is 15.1. The van der Waals surface area contributed by atoms with Crippen molar-refractivity contribution >= 4 is 11.8 Å². The molecule has 0 spiro atoms. The molecule has 0 aromatic rings. The van der Waals surface area contributed by atoms with E-state index in [1.807, 2.05) is 0 Å². The summed E-state index contributed by atoms with van der Waals surface area (Å²) in [6, 6.07) is 0. The molecule has 0 heterocycles. The number of aliphatic hydroxyl groups excluding tert-OH is 1. The number of ether oxygens (including phenoxy) is 2. The molecule has 0 saturated heterocycles. The number of rotatable bonds is 9. The molecule has 1 N–H and O–H groups in total. The first-order valence-corrected chi connectivity index (χ1v) is 5.41. The molecule has 0 aromatic heterocycles. The Kier molecular flexibility index (Phi) is 8.75. The van der Waals surface area contributed by atoms with Gasteiger partial charge in [0.25, 0.3) is 0 Å². The average Bonchev–Trinajstić information content (AvgIpc) is 2.21. The van der Waals surface area contributed by atoms with Gasteiger partial charge in [-0.3, -0.25) is 4.79 Å². The van der Waals surface area contributed by atoms with Crippen LogP contribution >= 0.6 is 0 Å².